The molecule has 1 amide bonds. The number of primary amides is 1. The second-order valence-electron chi connectivity index (χ2n) is 3.90. The van der Waals surface area contributed by atoms with E-state index in [1.54, 1.807) is 30.3 Å². The number of pyridine rings is 1. The van der Waals surface area contributed by atoms with Crippen LogP contribution < -0.4 is 11.1 Å². The standard InChI is InChI=1S/C13H10ClN3O3/c14-9-5-6-10(17-11(9)13(19)20)16-8-3-1-7(2-4-8)12(15)18/h1-6H,(H2,15,18)(H,16,17)(H,19,20). The van der Waals surface area contributed by atoms with Crippen LogP contribution in [0.15, 0.2) is 36.4 Å². The highest BCUT2D eigenvalue weighted by Gasteiger charge is 2.11. The van der Waals surface area contributed by atoms with Crippen LogP contribution in [0.25, 0.3) is 0 Å². The Labute approximate surface area is 119 Å². The van der Waals surface area contributed by atoms with Gasteiger partial charge in [-0.2, -0.15) is 0 Å². The number of nitrogens with one attached hydrogen (secondary N) is 1. The first-order valence-electron chi connectivity index (χ1n) is 5.54. The predicted molar refractivity (Wildman–Crippen MR) is 74.4 cm³/mol. The molecule has 1 aromatic heterocycles. The van der Waals surface area contributed by atoms with Crippen molar-refractivity contribution in [3.05, 3.63) is 52.7 Å². The normalized spacial score (nSPS) is 10.1. The maximum atomic E-state index is 10.9. The molecule has 0 bridgehead atoms. The molecule has 2 rings (SSSR count). The van der Waals surface area contributed by atoms with Crippen molar-refractivity contribution < 1.29 is 14.7 Å². The van der Waals surface area contributed by atoms with E-state index < -0.39 is 11.9 Å². The molecule has 7 heteroatoms. The van der Waals surface area contributed by atoms with Gasteiger partial charge in [-0.15, -0.1) is 0 Å². The minimum Gasteiger partial charge on any atom is -0.476 e. The third kappa shape index (κ3) is 3.04. The third-order valence-corrected chi connectivity index (χ3v) is 2.80. The number of rotatable bonds is 4. The van der Waals surface area contributed by atoms with Crippen LogP contribution in [0.3, 0.4) is 0 Å². The zero-order chi connectivity index (χ0) is 14.7. The molecule has 0 unspecified atom stereocenters. The quantitative estimate of drug-likeness (QED) is 0.801. The summed E-state index contributed by atoms with van der Waals surface area (Å²) in [4.78, 5) is 25.7. The molecule has 1 aromatic carbocycles. The lowest BCUT2D eigenvalue weighted by Crippen LogP contribution is -2.10. The van der Waals surface area contributed by atoms with E-state index in [1.165, 1.54) is 6.07 Å². The second kappa shape index (κ2) is 5.58. The molecule has 0 aliphatic carbocycles. The summed E-state index contributed by atoms with van der Waals surface area (Å²) in [5.41, 5.74) is 5.92. The summed E-state index contributed by atoms with van der Waals surface area (Å²) >= 11 is 5.73. The zero-order valence-corrected chi connectivity index (χ0v) is 10.9. The van der Waals surface area contributed by atoms with E-state index in [0.29, 0.717) is 17.1 Å². The lowest BCUT2D eigenvalue weighted by Gasteiger charge is -2.07. The molecule has 0 aliphatic rings. The van der Waals surface area contributed by atoms with Crippen LogP contribution in [-0.2, 0) is 0 Å². The van der Waals surface area contributed by atoms with E-state index in [9.17, 15) is 9.59 Å². The van der Waals surface area contributed by atoms with Gasteiger partial charge in [-0.25, -0.2) is 9.78 Å². The van der Waals surface area contributed by atoms with Gasteiger partial charge in [0.2, 0.25) is 5.91 Å². The van der Waals surface area contributed by atoms with Crippen LogP contribution in [0.1, 0.15) is 20.8 Å². The Balaban J connectivity index is 2.23. The van der Waals surface area contributed by atoms with Crippen molar-refractivity contribution in [3.8, 4) is 0 Å². The highest BCUT2D eigenvalue weighted by molar-refractivity contribution is 6.33. The van der Waals surface area contributed by atoms with E-state index in [-0.39, 0.29) is 10.7 Å². The number of hydrogen-bond donors (Lipinski definition) is 3. The van der Waals surface area contributed by atoms with Gasteiger partial charge >= 0.3 is 5.97 Å². The number of nitrogens with zero attached hydrogens (tertiary/aromatic N) is 1. The Morgan fingerprint density at radius 2 is 1.80 bits per heavy atom. The molecule has 4 N–H and O–H groups in total. The van der Waals surface area contributed by atoms with E-state index in [0.717, 1.165) is 0 Å². The van der Waals surface area contributed by atoms with Crippen molar-refractivity contribution in [1.29, 1.82) is 0 Å². The molecule has 6 nitrogen and oxygen atoms in total. The number of halogens is 1. The number of anilines is 2. The van der Waals surface area contributed by atoms with E-state index >= 15 is 0 Å². The van der Waals surface area contributed by atoms with Crippen molar-refractivity contribution in [2.24, 2.45) is 5.73 Å². The molecule has 0 aliphatic heterocycles. The average molecular weight is 292 g/mol. The van der Waals surface area contributed by atoms with Crippen molar-refractivity contribution in [2.45, 2.75) is 0 Å². The van der Waals surface area contributed by atoms with E-state index in [4.69, 9.17) is 22.4 Å². The number of carboxylic acid groups (broad SMARTS) is 1. The monoisotopic (exact) mass is 291 g/mol. The number of hydrogen-bond acceptors (Lipinski definition) is 4. The van der Waals surface area contributed by atoms with Gasteiger partial charge in [0.1, 0.15) is 5.82 Å². The van der Waals surface area contributed by atoms with Crippen LogP contribution in [0.4, 0.5) is 11.5 Å². The number of benzene rings is 1. The molecule has 0 spiro atoms. The lowest BCUT2D eigenvalue weighted by atomic mass is 10.2. The van der Waals surface area contributed by atoms with Crippen molar-refractivity contribution in [2.75, 3.05) is 5.32 Å². The number of nitrogens with two attached hydrogens (primary N) is 1. The van der Waals surface area contributed by atoms with Gasteiger partial charge < -0.3 is 16.2 Å². The Morgan fingerprint density at radius 1 is 1.15 bits per heavy atom. The fraction of sp³-hybridized carbons (Fsp3) is 0. The molecular weight excluding hydrogens is 282 g/mol. The minimum atomic E-state index is -1.21. The Kier molecular flexibility index (Phi) is 3.86. The van der Waals surface area contributed by atoms with Gasteiger partial charge in [-0.1, -0.05) is 11.6 Å². The summed E-state index contributed by atoms with van der Waals surface area (Å²) in [6.07, 6.45) is 0. The van der Waals surface area contributed by atoms with Gasteiger partial charge in [0.05, 0.1) is 5.02 Å². The number of aromatic nitrogens is 1. The van der Waals surface area contributed by atoms with Crippen LogP contribution in [0, 0.1) is 0 Å². The van der Waals surface area contributed by atoms with Crippen LogP contribution in [0.5, 0.6) is 0 Å². The topological polar surface area (TPSA) is 105 Å². The highest BCUT2D eigenvalue weighted by atomic mass is 35.5. The van der Waals surface area contributed by atoms with Crippen LogP contribution in [0.2, 0.25) is 5.02 Å². The molecule has 2 aromatic rings. The molecule has 0 fully saturated rings. The van der Waals surface area contributed by atoms with Crippen molar-refractivity contribution in [3.63, 3.8) is 0 Å². The molecular formula is C13H10ClN3O3. The van der Waals surface area contributed by atoms with Gasteiger partial charge in [0, 0.05) is 11.3 Å². The van der Waals surface area contributed by atoms with Gasteiger partial charge in [0.15, 0.2) is 5.69 Å². The molecule has 102 valence electrons. The molecule has 20 heavy (non-hydrogen) atoms. The first-order valence-corrected chi connectivity index (χ1v) is 5.92. The van der Waals surface area contributed by atoms with Crippen LogP contribution >= 0.6 is 11.6 Å². The maximum Gasteiger partial charge on any atom is 0.356 e. The lowest BCUT2D eigenvalue weighted by molar-refractivity contribution is 0.0690. The minimum absolute atomic E-state index is 0.0622. The van der Waals surface area contributed by atoms with Crippen molar-refractivity contribution in [1.82, 2.24) is 4.98 Å². The Hall–Kier alpha value is -2.60. The highest BCUT2D eigenvalue weighted by Crippen LogP contribution is 2.20. The predicted octanol–water partition coefficient (Wildman–Crippen LogP) is 2.28. The molecule has 0 radical (unpaired) electrons. The molecule has 0 atom stereocenters. The van der Waals surface area contributed by atoms with E-state index in [1.807, 2.05) is 0 Å². The first kappa shape index (κ1) is 13.8. The maximum absolute atomic E-state index is 10.9. The molecule has 0 saturated carbocycles. The number of aromatic carboxylic acids is 1. The smallest absolute Gasteiger partial charge is 0.356 e. The van der Waals surface area contributed by atoms with Gasteiger partial charge in [-0.3, -0.25) is 4.79 Å². The summed E-state index contributed by atoms with van der Waals surface area (Å²) < 4.78 is 0. The number of carbonyl (C=O) groups is 2. The Morgan fingerprint density at radius 3 is 2.35 bits per heavy atom. The fourth-order valence-electron chi connectivity index (χ4n) is 1.53. The number of carbonyl (C=O) groups excluding carboxylic acids is 1. The molecule has 1 heterocycles. The zero-order valence-electron chi connectivity index (χ0n) is 10.1. The van der Waals surface area contributed by atoms with Crippen molar-refractivity contribution >= 4 is 35.0 Å². The second-order valence-corrected chi connectivity index (χ2v) is 4.31. The molecule has 0 saturated heterocycles. The van der Waals surface area contributed by atoms with E-state index in [2.05, 4.69) is 10.3 Å². The van der Waals surface area contributed by atoms with Crippen LogP contribution in [-0.4, -0.2) is 22.0 Å². The number of amides is 1. The summed E-state index contributed by atoms with van der Waals surface area (Å²) in [7, 11) is 0. The summed E-state index contributed by atoms with van der Waals surface area (Å²) in [6, 6.07) is 9.37. The SMILES string of the molecule is NC(=O)c1ccc(Nc2ccc(Cl)c(C(=O)O)n2)cc1. The summed E-state index contributed by atoms with van der Waals surface area (Å²) in [6.45, 7) is 0. The summed E-state index contributed by atoms with van der Waals surface area (Å²) in [5.74, 6) is -1.39. The first-order chi connectivity index (χ1) is 9.47. The average Bonchev–Trinajstić information content (AvgIpc) is 2.41. The number of carboxylic acids is 1. The fourth-order valence-corrected chi connectivity index (χ4v) is 1.71. The summed E-state index contributed by atoms with van der Waals surface area (Å²) in [5, 5.41) is 11.9. The van der Waals surface area contributed by atoms with Gasteiger partial charge in [-0.05, 0) is 36.4 Å². The largest absolute Gasteiger partial charge is 0.476 e. The Bertz CT molecular complexity index is 671. The van der Waals surface area contributed by atoms with Gasteiger partial charge in [0.25, 0.3) is 0 Å². The third-order valence-electron chi connectivity index (χ3n) is 2.49.